The van der Waals surface area contributed by atoms with Crippen molar-refractivity contribution in [3.63, 3.8) is 0 Å². The summed E-state index contributed by atoms with van der Waals surface area (Å²) in [6, 6.07) is 4.04. The van der Waals surface area contributed by atoms with Crippen molar-refractivity contribution < 1.29 is 23.3 Å². The van der Waals surface area contributed by atoms with Crippen molar-refractivity contribution in [1.29, 1.82) is 0 Å². The Morgan fingerprint density at radius 1 is 1.17 bits per heavy atom. The molecule has 0 spiro atoms. The fourth-order valence-electron chi connectivity index (χ4n) is 4.31. The molecule has 0 unspecified atom stereocenters. The number of hydrogen-bond donors (Lipinski definition) is 0. The Labute approximate surface area is 217 Å². The van der Waals surface area contributed by atoms with E-state index in [1.165, 1.54) is 0 Å². The van der Waals surface area contributed by atoms with Crippen LogP contribution in [0.15, 0.2) is 16.7 Å². The van der Waals surface area contributed by atoms with Gasteiger partial charge < -0.3 is 23.4 Å². The lowest BCUT2D eigenvalue weighted by molar-refractivity contribution is -0.107. The fourth-order valence-corrected chi connectivity index (χ4v) is 5.25. The van der Waals surface area contributed by atoms with E-state index in [4.69, 9.17) is 13.7 Å². The summed E-state index contributed by atoms with van der Waals surface area (Å²) >= 11 is 0. The number of amides is 1. The van der Waals surface area contributed by atoms with Gasteiger partial charge in [0.05, 0.1) is 12.3 Å². The largest absolute Gasteiger partial charge is 0.444 e. The van der Waals surface area contributed by atoms with E-state index in [1.807, 2.05) is 37.8 Å². The van der Waals surface area contributed by atoms with Gasteiger partial charge in [-0.2, -0.15) is 0 Å². The van der Waals surface area contributed by atoms with Crippen LogP contribution in [0.3, 0.4) is 0 Å². The van der Waals surface area contributed by atoms with Crippen LogP contribution in [0.25, 0.3) is 11.0 Å². The maximum Gasteiger partial charge on any atom is 0.410 e. The predicted octanol–water partition coefficient (Wildman–Crippen LogP) is 6.67. The Bertz CT molecular complexity index is 1060. The third-order valence-corrected chi connectivity index (χ3v) is 12.1. The number of carbonyl (C=O) groups is 2. The van der Waals surface area contributed by atoms with Crippen molar-refractivity contribution in [2.75, 3.05) is 13.1 Å². The van der Waals surface area contributed by atoms with E-state index in [1.54, 1.807) is 0 Å². The SMILES string of the molecule is CC(C)(C)OC(=O)N1CCC(CCc2noc3c(CO[Si](C)(C)C(C)(C)C)c(CC=O)ccc23)CC1. The molecule has 8 heteroatoms. The monoisotopic (exact) mass is 516 g/mol. The number of aryl methyl sites for hydroxylation is 1. The highest BCUT2D eigenvalue weighted by molar-refractivity contribution is 6.74. The summed E-state index contributed by atoms with van der Waals surface area (Å²) in [5, 5.41) is 5.53. The van der Waals surface area contributed by atoms with E-state index in [0.717, 1.165) is 72.8 Å². The number of likely N-dealkylation sites (tertiary alicyclic amines) is 1. The van der Waals surface area contributed by atoms with Gasteiger partial charge in [0.15, 0.2) is 13.9 Å². The molecule has 1 fully saturated rings. The molecule has 200 valence electrons. The van der Waals surface area contributed by atoms with E-state index < -0.39 is 13.9 Å². The van der Waals surface area contributed by atoms with Crippen molar-refractivity contribution >= 4 is 31.7 Å². The van der Waals surface area contributed by atoms with E-state index in [0.29, 0.717) is 18.9 Å². The van der Waals surface area contributed by atoms with Crippen LogP contribution in [0, 0.1) is 5.92 Å². The van der Waals surface area contributed by atoms with Crippen LogP contribution in [-0.2, 0) is 33.4 Å². The number of fused-ring (bicyclic) bond motifs is 1. The predicted molar refractivity (Wildman–Crippen MR) is 145 cm³/mol. The zero-order valence-electron chi connectivity index (χ0n) is 23.4. The van der Waals surface area contributed by atoms with E-state index in [-0.39, 0.29) is 11.1 Å². The number of ether oxygens (including phenoxy) is 1. The number of aldehydes is 1. The maximum absolute atomic E-state index is 12.3. The summed E-state index contributed by atoms with van der Waals surface area (Å²) in [5.74, 6) is 0.533. The number of carbonyl (C=O) groups excluding carboxylic acids is 2. The summed E-state index contributed by atoms with van der Waals surface area (Å²) in [6.45, 7) is 18.7. The zero-order chi connectivity index (χ0) is 26.7. The molecule has 2 heterocycles. The van der Waals surface area contributed by atoms with E-state index in [2.05, 4.69) is 39.0 Å². The van der Waals surface area contributed by atoms with Crippen molar-refractivity contribution in [3.05, 3.63) is 29.0 Å². The van der Waals surface area contributed by atoms with Gasteiger partial charge in [-0.3, -0.25) is 0 Å². The quantitative estimate of drug-likeness (QED) is 0.288. The Morgan fingerprint density at radius 3 is 2.42 bits per heavy atom. The van der Waals surface area contributed by atoms with Crippen LogP contribution in [-0.4, -0.2) is 49.4 Å². The molecule has 3 rings (SSSR count). The summed E-state index contributed by atoms with van der Waals surface area (Å²) in [5.41, 5.74) is 3.10. The van der Waals surface area contributed by atoms with Crippen molar-refractivity contribution in [3.8, 4) is 0 Å². The highest BCUT2D eigenvalue weighted by Gasteiger charge is 2.37. The molecule has 7 nitrogen and oxygen atoms in total. The first-order valence-corrected chi connectivity index (χ1v) is 16.1. The number of piperidine rings is 1. The van der Waals surface area contributed by atoms with Gasteiger partial charge in [-0.05, 0) is 82.1 Å². The minimum absolute atomic E-state index is 0.0946. The van der Waals surface area contributed by atoms with Gasteiger partial charge in [0.1, 0.15) is 11.9 Å². The molecule has 0 bridgehead atoms. The Balaban J connectivity index is 1.67. The van der Waals surface area contributed by atoms with Gasteiger partial charge in [-0.1, -0.05) is 32.0 Å². The smallest absolute Gasteiger partial charge is 0.410 e. The number of rotatable bonds is 8. The standard InChI is InChI=1S/C28H44N2O5Si/c1-27(2,3)34-26(32)30-16-13-20(14-17-30)9-12-24-22-11-10-21(15-18-31)23(25(22)35-29-24)19-33-36(7,8)28(4,5)6/h10-11,18,20H,9,12-17,19H2,1-8H3. The highest BCUT2D eigenvalue weighted by atomic mass is 28.4. The van der Waals surface area contributed by atoms with Gasteiger partial charge >= 0.3 is 6.09 Å². The Morgan fingerprint density at radius 2 is 1.83 bits per heavy atom. The zero-order valence-corrected chi connectivity index (χ0v) is 24.4. The van der Waals surface area contributed by atoms with Gasteiger partial charge in [-0.15, -0.1) is 0 Å². The third kappa shape index (κ3) is 6.97. The topological polar surface area (TPSA) is 81.9 Å². The molecule has 1 amide bonds. The number of benzene rings is 1. The minimum atomic E-state index is -1.97. The van der Waals surface area contributed by atoms with Crippen molar-refractivity contribution in [2.24, 2.45) is 5.92 Å². The molecule has 1 saturated heterocycles. The summed E-state index contributed by atoms with van der Waals surface area (Å²) in [6.07, 6.45) is 4.78. The third-order valence-electron chi connectivity index (χ3n) is 7.66. The van der Waals surface area contributed by atoms with Crippen LogP contribution < -0.4 is 0 Å². The molecule has 0 saturated carbocycles. The summed E-state index contributed by atoms with van der Waals surface area (Å²) in [4.78, 5) is 25.5. The van der Waals surface area contributed by atoms with Gasteiger partial charge in [-0.25, -0.2) is 4.79 Å². The van der Waals surface area contributed by atoms with Crippen molar-refractivity contribution in [1.82, 2.24) is 10.1 Å². The normalized spacial score (nSPS) is 15.9. The van der Waals surface area contributed by atoms with E-state index >= 15 is 0 Å². The van der Waals surface area contributed by atoms with Crippen LogP contribution in [0.5, 0.6) is 0 Å². The first kappa shape index (κ1) is 28.4. The molecule has 0 aliphatic carbocycles. The van der Waals surface area contributed by atoms with Gasteiger partial charge in [0.25, 0.3) is 0 Å². The molecule has 0 radical (unpaired) electrons. The molecule has 36 heavy (non-hydrogen) atoms. The number of hydrogen-bond acceptors (Lipinski definition) is 6. The second-order valence-electron chi connectivity index (χ2n) is 12.6. The summed E-state index contributed by atoms with van der Waals surface area (Å²) in [7, 11) is -1.97. The van der Waals surface area contributed by atoms with Gasteiger partial charge in [0, 0.05) is 30.5 Å². The molecular formula is C28H44N2O5Si. The lowest BCUT2D eigenvalue weighted by atomic mass is 9.91. The van der Waals surface area contributed by atoms with E-state index in [9.17, 15) is 9.59 Å². The maximum atomic E-state index is 12.3. The molecule has 1 aromatic carbocycles. The van der Waals surface area contributed by atoms with Crippen LogP contribution in [0.1, 0.15) is 77.6 Å². The van der Waals surface area contributed by atoms with Crippen LogP contribution >= 0.6 is 0 Å². The van der Waals surface area contributed by atoms with Crippen LogP contribution in [0.4, 0.5) is 4.79 Å². The molecule has 1 aromatic heterocycles. The van der Waals surface area contributed by atoms with Crippen LogP contribution in [0.2, 0.25) is 18.1 Å². The first-order chi connectivity index (χ1) is 16.7. The molecule has 0 atom stereocenters. The second kappa shape index (κ2) is 11.0. The number of aromatic nitrogens is 1. The first-order valence-electron chi connectivity index (χ1n) is 13.2. The second-order valence-corrected chi connectivity index (χ2v) is 17.4. The average molecular weight is 517 g/mol. The molecule has 1 aliphatic heterocycles. The fraction of sp³-hybridized carbons (Fsp3) is 0.679. The van der Waals surface area contributed by atoms with Gasteiger partial charge in [0.2, 0.25) is 0 Å². The Kier molecular flexibility index (Phi) is 8.71. The average Bonchev–Trinajstić information content (AvgIpc) is 3.18. The lowest BCUT2D eigenvalue weighted by Crippen LogP contribution is -2.41. The molecule has 1 aliphatic rings. The summed E-state index contributed by atoms with van der Waals surface area (Å²) < 4.78 is 17.9. The number of nitrogens with zero attached hydrogens (tertiary/aromatic N) is 2. The molecule has 0 N–H and O–H groups in total. The Hall–Kier alpha value is -2.19. The lowest BCUT2D eigenvalue weighted by Gasteiger charge is -2.36. The molecule has 2 aromatic rings. The minimum Gasteiger partial charge on any atom is -0.444 e. The highest BCUT2D eigenvalue weighted by Crippen LogP contribution is 2.38. The van der Waals surface area contributed by atoms with Crippen molar-refractivity contribution in [2.45, 2.75) is 104 Å². The molecular weight excluding hydrogens is 472 g/mol.